The summed E-state index contributed by atoms with van der Waals surface area (Å²) in [6.45, 7) is 8.44. The second-order valence-corrected chi connectivity index (χ2v) is 9.16. The molecular formula is C24H28O3. The standard InChI is InChI=1S/C24H28O3/c1-15(25)14-20(26)27-22-19-12-13-24(4,23(19,2)3)21(22)18-11-7-9-16-8-5-6-10-17(16)18/h5-11,19,21-22H,12-14H2,1-4H3/t19-,21-,22-,24+/m0/s1. The highest BCUT2D eigenvalue weighted by Gasteiger charge is 2.67. The quantitative estimate of drug-likeness (QED) is 0.548. The molecule has 2 bridgehead atoms. The van der Waals surface area contributed by atoms with Crippen LogP contribution in [-0.4, -0.2) is 17.9 Å². The van der Waals surface area contributed by atoms with Gasteiger partial charge in [-0.05, 0) is 46.9 Å². The average Bonchev–Trinajstić information content (AvgIpc) is 2.92. The van der Waals surface area contributed by atoms with Gasteiger partial charge in [-0.25, -0.2) is 0 Å². The van der Waals surface area contributed by atoms with E-state index >= 15 is 0 Å². The zero-order chi connectivity index (χ0) is 19.4. The zero-order valence-corrected chi connectivity index (χ0v) is 16.6. The Kier molecular flexibility index (Phi) is 4.17. The SMILES string of the molecule is CC(=O)CC(=O)O[C@H]1[C@@H]2CC[C@](C)([C@H]1c1cccc3ccccc13)C2(C)C. The number of hydrogen-bond donors (Lipinski definition) is 0. The average molecular weight is 364 g/mol. The van der Waals surface area contributed by atoms with Gasteiger partial charge in [0.25, 0.3) is 0 Å². The lowest BCUT2D eigenvalue weighted by atomic mass is 9.64. The second kappa shape index (κ2) is 6.19. The van der Waals surface area contributed by atoms with Crippen molar-refractivity contribution < 1.29 is 14.3 Å². The largest absolute Gasteiger partial charge is 0.461 e. The lowest BCUT2D eigenvalue weighted by Gasteiger charge is -2.40. The number of ketones is 1. The number of rotatable bonds is 4. The smallest absolute Gasteiger partial charge is 0.313 e. The van der Waals surface area contributed by atoms with Crippen LogP contribution in [-0.2, 0) is 14.3 Å². The molecule has 2 aliphatic carbocycles. The summed E-state index contributed by atoms with van der Waals surface area (Å²) in [6.07, 6.45) is 1.90. The van der Waals surface area contributed by atoms with Crippen molar-refractivity contribution in [3.05, 3.63) is 48.0 Å². The lowest BCUT2D eigenvalue weighted by Crippen LogP contribution is -2.35. The van der Waals surface area contributed by atoms with Gasteiger partial charge in [0.2, 0.25) is 0 Å². The highest BCUT2D eigenvalue weighted by Crippen LogP contribution is 2.71. The fourth-order valence-corrected chi connectivity index (χ4v) is 5.88. The highest BCUT2D eigenvalue weighted by molar-refractivity contribution is 5.94. The van der Waals surface area contributed by atoms with Crippen LogP contribution in [0.3, 0.4) is 0 Å². The molecule has 2 saturated carbocycles. The minimum absolute atomic E-state index is 0.0585. The van der Waals surface area contributed by atoms with Crippen LogP contribution in [0.5, 0.6) is 0 Å². The van der Waals surface area contributed by atoms with E-state index in [0.29, 0.717) is 5.92 Å². The fraction of sp³-hybridized carbons (Fsp3) is 0.500. The predicted octanol–water partition coefficient (Wildman–Crippen LogP) is 5.27. The van der Waals surface area contributed by atoms with Crippen molar-refractivity contribution in [1.82, 2.24) is 0 Å². The number of esters is 1. The van der Waals surface area contributed by atoms with Gasteiger partial charge in [-0.15, -0.1) is 0 Å². The van der Waals surface area contributed by atoms with Gasteiger partial charge in [0.1, 0.15) is 18.3 Å². The van der Waals surface area contributed by atoms with Crippen molar-refractivity contribution in [2.75, 3.05) is 0 Å². The van der Waals surface area contributed by atoms with E-state index in [-0.39, 0.29) is 41.0 Å². The maximum Gasteiger partial charge on any atom is 0.313 e. The molecule has 0 aliphatic heterocycles. The van der Waals surface area contributed by atoms with E-state index in [1.807, 2.05) is 0 Å². The van der Waals surface area contributed by atoms with Crippen LogP contribution in [0.2, 0.25) is 0 Å². The number of fused-ring (bicyclic) bond motifs is 3. The van der Waals surface area contributed by atoms with Crippen molar-refractivity contribution in [3.63, 3.8) is 0 Å². The van der Waals surface area contributed by atoms with E-state index < -0.39 is 0 Å². The summed E-state index contributed by atoms with van der Waals surface area (Å²) in [5.74, 6) is -0.0596. The number of carbonyl (C=O) groups is 2. The summed E-state index contributed by atoms with van der Waals surface area (Å²) in [6, 6.07) is 14.9. The summed E-state index contributed by atoms with van der Waals surface area (Å²) in [5, 5.41) is 2.45. The van der Waals surface area contributed by atoms with Crippen molar-refractivity contribution >= 4 is 22.5 Å². The van der Waals surface area contributed by atoms with Gasteiger partial charge in [-0.1, -0.05) is 63.2 Å². The maximum atomic E-state index is 12.4. The monoisotopic (exact) mass is 364 g/mol. The summed E-state index contributed by atoms with van der Waals surface area (Å²) < 4.78 is 6.01. The second-order valence-electron chi connectivity index (χ2n) is 9.16. The fourth-order valence-electron chi connectivity index (χ4n) is 5.88. The summed E-state index contributed by atoms with van der Waals surface area (Å²) in [5.41, 5.74) is 1.41. The van der Waals surface area contributed by atoms with E-state index in [1.54, 1.807) is 0 Å². The maximum absolute atomic E-state index is 12.4. The van der Waals surface area contributed by atoms with Gasteiger partial charge in [-0.2, -0.15) is 0 Å². The van der Waals surface area contributed by atoms with Gasteiger partial charge < -0.3 is 4.74 Å². The van der Waals surface area contributed by atoms with E-state index in [1.165, 1.54) is 23.3 Å². The molecule has 3 heteroatoms. The number of ether oxygens (including phenoxy) is 1. The molecule has 4 rings (SSSR count). The Morgan fingerprint density at radius 2 is 1.78 bits per heavy atom. The normalized spacial score (nSPS) is 31.2. The van der Waals surface area contributed by atoms with Crippen molar-refractivity contribution in [3.8, 4) is 0 Å². The van der Waals surface area contributed by atoms with Crippen molar-refractivity contribution in [2.24, 2.45) is 16.7 Å². The molecule has 0 N–H and O–H groups in total. The minimum atomic E-state index is -0.385. The van der Waals surface area contributed by atoms with Gasteiger partial charge in [0.05, 0.1) is 0 Å². The molecule has 2 fully saturated rings. The Bertz CT molecular complexity index is 907. The first kappa shape index (κ1) is 18.2. The molecule has 0 amide bonds. The number of hydrogen-bond acceptors (Lipinski definition) is 3. The van der Waals surface area contributed by atoms with Gasteiger partial charge >= 0.3 is 5.97 Å². The topological polar surface area (TPSA) is 43.4 Å². The Morgan fingerprint density at radius 3 is 2.52 bits per heavy atom. The Balaban J connectivity index is 1.82. The van der Waals surface area contributed by atoms with Crippen LogP contribution in [0.1, 0.15) is 58.4 Å². The Hall–Kier alpha value is -2.16. The molecule has 0 saturated heterocycles. The van der Waals surface area contributed by atoms with E-state index in [0.717, 1.165) is 12.8 Å². The molecule has 2 aromatic carbocycles. The number of Topliss-reactive ketones (excluding diaryl/α,β-unsaturated/α-hetero) is 1. The molecule has 0 radical (unpaired) electrons. The Labute approximate surface area is 161 Å². The van der Waals surface area contributed by atoms with Crippen LogP contribution in [0.25, 0.3) is 10.8 Å². The third-order valence-corrected chi connectivity index (χ3v) is 7.60. The number of benzene rings is 2. The molecular weight excluding hydrogens is 336 g/mol. The van der Waals surface area contributed by atoms with E-state index in [9.17, 15) is 9.59 Å². The van der Waals surface area contributed by atoms with E-state index in [2.05, 4.69) is 63.2 Å². The molecule has 0 aromatic heterocycles. The molecule has 3 nitrogen and oxygen atoms in total. The van der Waals surface area contributed by atoms with Gasteiger partial charge in [0, 0.05) is 11.8 Å². The molecule has 0 unspecified atom stereocenters. The molecule has 4 atom stereocenters. The summed E-state index contributed by atoms with van der Waals surface area (Å²) in [7, 11) is 0. The molecule has 142 valence electrons. The molecule has 0 heterocycles. The number of carbonyl (C=O) groups excluding carboxylic acids is 2. The van der Waals surface area contributed by atoms with Gasteiger partial charge in [-0.3, -0.25) is 9.59 Å². The first-order valence-corrected chi connectivity index (χ1v) is 9.92. The summed E-state index contributed by atoms with van der Waals surface area (Å²) >= 11 is 0. The van der Waals surface area contributed by atoms with Crippen LogP contribution in [0.4, 0.5) is 0 Å². The zero-order valence-electron chi connectivity index (χ0n) is 16.6. The summed E-state index contributed by atoms with van der Waals surface area (Å²) in [4.78, 5) is 23.8. The molecule has 27 heavy (non-hydrogen) atoms. The first-order valence-electron chi connectivity index (χ1n) is 9.92. The molecule has 2 aromatic rings. The van der Waals surface area contributed by atoms with Crippen LogP contribution in [0.15, 0.2) is 42.5 Å². The predicted molar refractivity (Wildman–Crippen MR) is 106 cm³/mol. The Morgan fingerprint density at radius 1 is 1.07 bits per heavy atom. The van der Waals surface area contributed by atoms with Gasteiger partial charge in [0.15, 0.2) is 0 Å². The van der Waals surface area contributed by atoms with Crippen LogP contribution in [0, 0.1) is 16.7 Å². The van der Waals surface area contributed by atoms with Crippen molar-refractivity contribution in [1.29, 1.82) is 0 Å². The minimum Gasteiger partial charge on any atom is -0.461 e. The lowest BCUT2D eigenvalue weighted by molar-refractivity contribution is -0.154. The third kappa shape index (κ3) is 2.62. The highest BCUT2D eigenvalue weighted by atomic mass is 16.5. The third-order valence-electron chi connectivity index (χ3n) is 7.60. The van der Waals surface area contributed by atoms with Crippen LogP contribution < -0.4 is 0 Å². The van der Waals surface area contributed by atoms with Crippen LogP contribution >= 0.6 is 0 Å². The van der Waals surface area contributed by atoms with Crippen molar-refractivity contribution in [2.45, 2.75) is 59.0 Å². The van der Waals surface area contributed by atoms with E-state index in [4.69, 9.17) is 4.74 Å². The molecule has 0 spiro atoms. The molecule has 2 aliphatic rings. The first-order chi connectivity index (χ1) is 12.8.